The third-order valence-electron chi connectivity index (χ3n) is 2.85. The summed E-state index contributed by atoms with van der Waals surface area (Å²) in [5.74, 6) is 0.706. The molecule has 0 saturated heterocycles. The molecule has 0 aliphatic heterocycles. The average Bonchev–Trinajstić information content (AvgIpc) is 2.41. The van der Waals surface area contributed by atoms with Crippen molar-refractivity contribution in [1.29, 1.82) is 0 Å². The number of phenolic OH excluding ortho intramolecular Hbond substituents is 2. The zero-order valence-electron chi connectivity index (χ0n) is 10.4. The molecule has 2 aromatic rings. The van der Waals surface area contributed by atoms with Crippen LogP contribution >= 0.6 is 0 Å². The zero-order valence-corrected chi connectivity index (χ0v) is 10.4. The van der Waals surface area contributed by atoms with E-state index in [2.05, 4.69) is 0 Å². The second-order valence-corrected chi connectivity index (χ2v) is 4.28. The van der Waals surface area contributed by atoms with E-state index in [0.29, 0.717) is 12.4 Å². The summed E-state index contributed by atoms with van der Waals surface area (Å²) in [7, 11) is 0. The summed E-state index contributed by atoms with van der Waals surface area (Å²) < 4.78 is 5.54. The number of aromatic hydroxyl groups is 2. The first-order valence-electron chi connectivity index (χ1n) is 6.00. The molecule has 0 bridgehead atoms. The van der Waals surface area contributed by atoms with Crippen LogP contribution in [0.25, 0.3) is 0 Å². The van der Waals surface area contributed by atoms with Crippen LogP contribution in [0.1, 0.15) is 11.5 Å². The van der Waals surface area contributed by atoms with Gasteiger partial charge in [-0.2, -0.15) is 0 Å². The Morgan fingerprint density at radius 3 is 2.32 bits per heavy atom. The summed E-state index contributed by atoms with van der Waals surface area (Å²) in [4.78, 5) is 0. The summed E-state index contributed by atoms with van der Waals surface area (Å²) in [5.41, 5.74) is 0.889. The van der Waals surface area contributed by atoms with Gasteiger partial charge in [-0.3, -0.25) is 0 Å². The maximum absolute atomic E-state index is 9.39. The minimum Gasteiger partial charge on any atom is -0.508 e. The van der Waals surface area contributed by atoms with Gasteiger partial charge in [-0.25, -0.2) is 0 Å². The largest absolute Gasteiger partial charge is 0.508 e. The van der Waals surface area contributed by atoms with Crippen LogP contribution in [0.3, 0.4) is 0 Å². The van der Waals surface area contributed by atoms with Crippen LogP contribution in [0, 0.1) is 0 Å². The van der Waals surface area contributed by atoms with Gasteiger partial charge < -0.3 is 20.1 Å². The van der Waals surface area contributed by atoms with Crippen LogP contribution in [-0.4, -0.2) is 28.5 Å². The molecule has 0 aromatic heterocycles. The van der Waals surface area contributed by atoms with Gasteiger partial charge in [0.1, 0.15) is 17.2 Å². The minimum atomic E-state index is -0.178. The second kappa shape index (κ2) is 6.11. The molecule has 0 radical (unpaired) electrons. The van der Waals surface area contributed by atoms with Gasteiger partial charge in [0.2, 0.25) is 0 Å². The number of hydrogen-bond acceptors (Lipinski definition) is 4. The summed E-state index contributed by atoms with van der Waals surface area (Å²) in [6, 6.07) is 13.2. The van der Waals surface area contributed by atoms with E-state index in [9.17, 15) is 15.3 Å². The van der Waals surface area contributed by atoms with E-state index in [1.54, 1.807) is 42.5 Å². The van der Waals surface area contributed by atoms with Gasteiger partial charge in [-0.15, -0.1) is 0 Å². The van der Waals surface area contributed by atoms with Gasteiger partial charge in [0.05, 0.1) is 13.2 Å². The normalized spacial score (nSPS) is 12.1. The Labute approximate surface area is 111 Å². The van der Waals surface area contributed by atoms with E-state index >= 15 is 0 Å². The quantitative estimate of drug-likeness (QED) is 0.771. The third-order valence-corrected chi connectivity index (χ3v) is 2.85. The van der Waals surface area contributed by atoms with Crippen molar-refractivity contribution in [3.63, 3.8) is 0 Å². The van der Waals surface area contributed by atoms with Crippen molar-refractivity contribution in [2.24, 2.45) is 0 Å². The van der Waals surface area contributed by atoms with Gasteiger partial charge >= 0.3 is 0 Å². The minimum absolute atomic E-state index is 0.0520. The Morgan fingerprint density at radius 1 is 0.947 bits per heavy atom. The summed E-state index contributed by atoms with van der Waals surface area (Å²) in [6.07, 6.45) is 0. The Hall–Kier alpha value is -2.20. The van der Waals surface area contributed by atoms with Crippen LogP contribution in [0.4, 0.5) is 0 Å². The van der Waals surface area contributed by atoms with Crippen molar-refractivity contribution in [2.75, 3.05) is 13.2 Å². The maximum atomic E-state index is 9.39. The monoisotopic (exact) mass is 260 g/mol. The number of aliphatic hydroxyl groups is 1. The van der Waals surface area contributed by atoms with E-state index in [4.69, 9.17) is 4.74 Å². The first-order chi connectivity index (χ1) is 9.19. The maximum Gasteiger partial charge on any atom is 0.123 e. The Morgan fingerprint density at radius 2 is 1.68 bits per heavy atom. The number of hydrogen-bond donors (Lipinski definition) is 3. The van der Waals surface area contributed by atoms with Gasteiger partial charge in [-0.05, 0) is 29.8 Å². The molecule has 4 nitrogen and oxygen atoms in total. The van der Waals surface area contributed by atoms with Crippen LogP contribution < -0.4 is 4.74 Å². The number of benzene rings is 2. The average molecular weight is 260 g/mol. The highest BCUT2D eigenvalue weighted by Gasteiger charge is 2.11. The molecular weight excluding hydrogens is 244 g/mol. The topological polar surface area (TPSA) is 69.9 Å². The lowest BCUT2D eigenvalue weighted by atomic mass is 10.0. The molecule has 19 heavy (non-hydrogen) atoms. The molecule has 0 aliphatic rings. The number of phenols is 2. The molecule has 1 atom stereocenters. The van der Waals surface area contributed by atoms with E-state index in [1.807, 2.05) is 0 Å². The van der Waals surface area contributed by atoms with Crippen molar-refractivity contribution in [1.82, 2.24) is 0 Å². The molecule has 0 aliphatic carbocycles. The lowest BCUT2D eigenvalue weighted by Crippen LogP contribution is -2.14. The summed E-state index contributed by atoms with van der Waals surface area (Å²) in [5, 5.41) is 27.9. The Kier molecular flexibility index (Phi) is 4.26. The molecule has 3 N–H and O–H groups in total. The van der Waals surface area contributed by atoms with E-state index in [-0.39, 0.29) is 24.0 Å². The molecule has 0 spiro atoms. The predicted molar refractivity (Wildman–Crippen MR) is 71.5 cm³/mol. The molecule has 0 saturated carbocycles. The van der Waals surface area contributed by atoms with E-state index in [0.717, 1.165) is 5.56 Å². The van der Waals surface area contributed by atoms with Gasteiger partial charge in [0.25, 0.3) is 0 Å². The number of ether oxygens (including phenoxy) is 1. The van der Waals surface area contributed by atoms with Gasteiger partial charge in [0.15, 0.2) is 0 Å². The van der Waals surface area contributed by atoms with Crippen molar-refractivity contribution in [3.05, 3.63) is 54.1 Å². The van der Waals surface area contributed by atoms with Crippen molar-refractivity contribution >= 4 is 0 Å². The highest BCUT2D eigenvalue weighted by molar-refractivity contribution is 5.32. The Bertz CT molecular complexity index is 522. The third kappa shape index (κ3) is 3.63. The van der Waals surface area contributed by atoms with Crippen LogP contribution in [0.2, 0.25) is 0 Å². The molecule has 0 fully saturated rings. The van der Waals surface area contributed by atoms with Gasteiger partial charge in [-0.1, -0.05) is 18.2 Å². The fraction of sp³-hybridized carbons (Fsp3) is 0.200. The molecule has 1 unspecified atom stereocenters. The lowest BCUT2D eigenvalue weighted by Gasteiger charge is -2.16. The Balaban J connectivity index is 2.01. The van der Waals surface area contributed by atoms with Crippen molar-refractivity contribution in [2.45, 2.75) is 5.92 Å². The molecule has 2 rings (SSSR count). The lowest BCUT2D eigenvalue weighted by molar-refractivity contribution is 0.204. The highest BCUT2D eigenvalue weighted by atomic mass is 16.5. The molecule has 0 amide bonds. The summed E-state index contributed by atoms with van der Waals surface area (Å²) in [6.45, 7) is 0.244. The van der Waals surface area contributed by atoms with E-state index in [1.165, 1.54) is 6.07 Å². The zero-order chi connectivity index (χ0) is 13.7. The first kappa shape index (κ1) is 13.2. The molecule has 0 heterocycles. The smallest absolute Gasteiger partial charge is 0.123 e. The van der Waals surface area contributed by atoms with Crippen molar-refractivity contribution in [3.8, 4) is 17.2 Å². The SMILES string of the molecule is OCC(COc1cccc(O)c1)c1ccc(O)cc1. The van der Waals surface area contributed by atoms with Crippen molar-refractivity contribution < 1.29 is 20.1 Å². The molecule has 2 aromatic carbocycles. The van der Waals surface area contributed by atoms with Crippen LogP contribution in [0.15, 0.2) is 48.5 Å². The van der Waals surface area contributed by atoms with E-state index < -0.39 is 0 Å². The molecule has 4 heteroatoms. The molecular formula is C15H16O4. The fourth-order valence-corrected chi connectivity index (χ4v) is 1.77. The predicted octanol–water partition coefficient (Wildman–Crippen LogP) is 2.25. The highest BCUT2D eigenvalue weighted by Crippen LogP contribution is 2.22. The second-order valence-electron chi connectivity index (χ2n) is 4.28. The fourth-order valence-electron chi connectivity index (χ4n) is 1.77. The first-order valence-corrected chi connectivity index (χ1v) is 6.00. The molecule has 100 valence electrons. The standard InChI is InChI=1S/C15H16O4/c16-9-12(11-4-6-13(17)7-5-11)10-19-15-3-1-2-14(18)8-15/h1-8,12,16-18H,9-10H2. The number of aliphatic hydroxyl groups excluding tert-OH is 1. The van der Waals surface area contributed by atoms with Gasteiger partial charge in [0, 0.05) is 12.0 Å². The van der Waals surface area contributed by atoms with Crippen LogP contribution in [0.5, 0.6) is 17.2 Å². The number of rotatable bonds is 5. The van der Waals surface area contributed by atoms with Crippen LogP contribution in [-0.2, 0) is 0 Å². The summed E-state index contributed by atoms with van der Waals surface area (Å²) >= 11 is 0.